The van der Waals surface area contributed by atoms with Crippen molar-refractivity contribution in [3.63, 3.8) is 0 Å². The highest BCUT2D eigenvalue weighted by atomic mass is 32.1. The van der Waals surface area contributed by atoms with Crippen LogP contribution in [0.1, 0.15) is 23.4 Å². The molecule has 0 aliphatic carbocycles. The maximum Gasteiger partial charge on any atom is 0.0979 e. The molecule has 0 radical (unpaired) electrons. The van der Waals surface area contributed by atoms with Crippen molar-refractivity contribution in [2.45, 2.75) is 19.8 Å². The van der Waals surface area contributed by atoms with Crippen LogP contribution in [0.25, 0.3) is 10.2 Å². The van der Waals surface area contributed by atoms with Crippen LogP contribution in [0.3, 0.4) is 0 Å². The van der Waals surface area contributed by atoms with Crippen LogP contribution in [-0.4, -0.2) is 11.5 Å². The molecular formula is C11H14N2S. The normalized spacial score (nSPS) is 13.4. The first kappa shape index (κ1) is 9.62. The number of hydrogen-bond donors (Lipinski definition) is 1. The van der Waals surface area contributed by atoms with Gasteiger partial charge in [0.25, 0.3) is 0 Å². The molecule has 2 rings (SSSR count). The van der Waals surface area contributed by atoms with Crippen molar-refractivity contribution in [3.8, 4) is 0 Å². The summed E-state index contributed by atoms with van der Waals surface area (Å²) in [6, 6.07) is 6.38. The maximum absolute atomic E-state index is 5.62. The van der Waals surface area contributed by atoms with Crippen LogP contribution in [0, 0.1) is 6.92 Å². The Labute approximate surface area is 87.8 Å². The lowest BCUT2D eigenvalue weighted by atomic mass is 10.2. The van der Waals surface area contributed by atoms with Crippen molar-refractivity contribution in [2.75, 3.05) is 6.54 Å². The Bertz CT molecular complexity index is 447. The standard InChI is InChI=1S/C11H14N2S/c1-7-3-4-10-9(5-7)13-11(14-10)8(2)6-12/h3-5,8H,6,12H2,1-2H3. The Balaban J connectivity index is 2.51. The highest BCUT2D eigenvalue weighted by Crippen LogP contribution is 2.27. The molecule has 1 aromatic heterocycles. The van der Waals surface area contributed by atoms with Gasteiger partial charge < -0.3 is 5.73 Å². The Morgan fingerprint density at radius 2 is 2.29 bits per heavy atom. The Morgan fingerprint density at radius 1 is 1.50 bits per heavy atom. The fourth-order valence-corrected chi connectivity index (χ4v) is 2.38. The minimum absolute atomic E-state index is 0.368. The van der Waals surface area contributed by atoms with Crippen molar-refractivity contribution in [1.82, 2.24) is 4.98 Å². The predicted octanol–water partition coefficient (Wildman–Crippen LogP) is 2.67. The van der Waals surface area contributed by atoms with Gasteiger partial charge in [-0.1, -0.05) is 13.0 Å². The average molecular weight is 206 g/mol. The average Bonchev–Trinajstić information content (AvgIpc) is 2.59. The lowest BCUT2D eigenvalue weighted by Crippen LogP contribution is -2.08. The van der Waals surface area contributed by atoms with Gasteiger partial charge in [-0.15, -0.1) is 11.3 Å². The number of fused-ring (bicyclic) bond motifs is 1. The van der Waals surface area contributed by atoms with Crippen molar-refractivity contribution in [2.24, 2.45) is 5.73 Å². The van der Waals surface area contributed by atoms with Crippen LogP contribution >= 0.6 is 11.3 Å². The minimum atomic E-state index is 0.368. The number of rotatable bonds is 2. The molecule has 0 saturated heterocycles. The number of nitrogens with zero attached hydrogens (tertiary/aromatic N) is 1. The molecular weight excluding hydrogens is 192 g/mol. The van der Waals surface area contributed by atoms with Crippen molar-refractivity contribution >= 4 is 21.6 Å². The molecule has 0 amide bonds. The Kier molecular flexibility index (Phi) is 2.52. The van der Waals surface area contributed by atoms with E-state index < -0.39 is 0 Å². The van der Waals surface area contributed by atoms with Gasteiger partial charge in [-0.2, -0.15) is 0 Å². The van der Waals surface area contributed by atoms with Crippen LogP contribution in [0.5, 0.6) is 0 Å². The zero-order valence-electron chi connectivity index (χ0n) is 8.45. The number of aryl methyl sites for hydroxylation is 1. The Hall–Kier alpha value is -0.930. The summed E-state index contributed by atoms with van der Waals surface area (Å²) in [6.07, 6.45) is 0. The molecule has 1 aromatic carbocycles. The molecule has 0 aliphatic rings. The quantitative estimate of drug-likeness (QED) is 0.820. The summed E-state index contributed by atoms with van der Waals surface area (Å²) in [5.74, 6) is 0.368. The van der Waals surface area contributed by atoms with Gasteiger partial charge in [0.05, 0.1) is 15.2 Å². The van der Waals surface area contributed by atoms with Gasteiger partial charge in [0.2, 0.25) is 0 Å². The molecule has 14 heavy (non-hydrogen) atoms. The molecule has 0 bridgehead atoms. The largest absolute Gasteiger partial charge is 0.330 e. The topological polar surface area (TPSA) is 38.9 Å². The van der Waals surface area contributed by atoms with E-state index >= 15 is 0 Å². The number of aromatic nitrogens is 1. The van der Waals surface area contributed by atoms with Crippen LogP contribution < -0.4 is 5.73 Å². The lowest BCUT2D eigenvalue weighted by Gasteiger charge is -2.00. The van der Waals surface area contributed by atoms with Gasteiger partial charge >= 0.3 is 0 Å². The van der Waals surface area contributed by atoms with Crippen LogP contribution in [-0.2, 0) is 0 Å². The van der Waals surface area contributed by atoms with E-state index in [-0.39, 0.29) is 0 Å². The Morgan fingerprint density at radius 3 is 3.00 bits per heavy atom. The van der Waals surface area contributed by atoms with Crippen molar-refractivity contribution in [1.29, 1.82) is 0 Å². The second-order valence-electron chi connectivity index (χ2n) is 3.66. The second kappa shape index (κ2) is 3.67. The fraction of sp³-hybridized carbons (Fsp3) is 0.364. The summed E-state index contributed by atoms with van der Waals surface area (Å²) in [7, 11) is 0. The molecule has 3 heteroatoms. The van der Waals surface area contributed by atoms with Gasteiger partial charge in [0.15, 0.2) is 0 Å². The van der Waals surface area contributed by atoms with E-state index in [1.807, 2.05) is 0 Å². The molecule has 74 valence electrons. The summed E-state index contributed by atoms with van der Waals surface area (Å²) in [6.45, 7) is 4.87. The molecule has 0 fully saturated rings. The summed E-state index contributed by atoms with van der Waals surface area (Å²) in [5.41, 5.74) is 7.98. The van der Waals surface area contributed by atoms with E-state index in [1.165, 1.54) is 10.3 Å². The highest BCUT2D eigenvalue weighted by molar-refractivity contribution is 7.18. The summed E-state index contributed by atoms with van der Waals surface area (Å²) in [4.78, 5) is 4.58. The van der Waals surface area contributed by atoms with E-state index in [2.05, 4.69) is 37.0 Å². The smallest absolute Gasteiger partial charge is 0.0979 e. The van der Waals surface area contributed by atoms with E-state index in [0.717, 1.165) is 10.5 Å². The molecule has 2 N–H and O–H groups in total. The first-order chi connectivity index (χ1) is 6.70. The second-order valence-corrected chi connectivity index (χ2v) is 4.72. The molecule has 1 heterocycles. The molecule has 0 saturated carbocycles. The monoisotopic (exact) mass is 206 g/mol. The molecule has 0 aliphatic heterocycles. The number of benzene rings is 1. The van der Waals surface area contributed by atoms with Gasteiger partial charge in [-0.3, -0.25) is 0 Å². The molecule has 0 spiro atoms. The molecule has 2 nitrogen and oxygen atoms in total. The third-order valence-corrected chi connectivity index (χ3v) is 3.60. The van der Waals surface area contributed by atoms with Crippen LogP contribution in [0.15, 0.2) is 18.2 Å². The number of nitrogens with two attached hydrogens (primary N) is 1. The first-order valence-corrected chi connectivity index (χ1v) is 5.59. The SMILES string of the molecule is Cc1ccc2sc(C(C)CN)nc2c1. The predicted molar refractivity (Wildman–Crippen MR) is 61.8 cm³/mol. The minimum Gasteiger partial charge on any atom is -0.330 e. The first-order valence-electron chi connectivity index (χ1n) is 4.78. The van der Waals surface area contributed by atoms with Gasteiger partial charge in [0.1, 0.15) is 0 Å². The van der Waals surface area contributed by atoms with E-state index in [0.29, 0.717) is 12.5 Å². The number of thiazole rings is 1. The molecule has 1 atom stereocenters. The zero-order chi connectivity index (χ0) is 10.1. The van der Waals surface area contributed by atoms with Gasteiger partial charge in [-0.25, -0.2) is 4.98 Å². The highest BCUT2D eigenvalue weighted by Gasteiger charge is 2.09. The van der Waals surface area contributed by atoms with E-state index in [4.69, 9.17) is 5.73 Å². The van der Waals surface area contributed by atoms with E-state index in [9.17, 15) is 0 Å². The summed E-state index contributed by atoms with van der Waals surface area (Å²) < 4.78 is 1.26. The summed E-state index contributed by atoms with van der Waals surface area (Å²) in [5, 5.41) is 1.15. The fourth-order valence-electron chi connectivity index (χ4n) is 1.37. The third kappa shape index (κ3) is 1.65. The van der Waals surface area contributed by atoms with Gasteiger partial charge in [0, 0.05) is 12.5 Å². The lowest BCUT2D eigenvalue weighted by molar-refractivity contribution is 0.768. The molecule has 2 aromatic rings. The third-order valence-electron chi connectivity index (χ3n) is 2.33. The van der Waals surface area contributed by atoms with Crippen LogP contribution in [0.2, 0.25) is 0 Å². The number of hydrogen-bond acceptors (Lipinski definition) is 3. The summed E-state index contributed by atoms with van der Waals surface area (Å²) >= 11 is 1.75. The van der Waals surface area contributed by atoms with Crippen LogP contribution in [0.4, 0.5) is 0 Å². The zero-order valence-corrected chi connectivity index (χ0v) is 9.27. The van der Waals surface area contributed by atoms with E-state index in [1.54, 1.807) is 11.3 Å². The van der Waals surface area contributed by atoms with Crippen molar-refractivity contribution < 1.29 is 0 Å². The van der Waals surface area contributed by atoms with Gasteiger partial charge in [-0.05, 0) is 24.6 Å². The maximum atomic E-state index is 5.62. The van der Waals surface area contributed by atoms with Crippen molar-refractivity contribution in [3.05, 3.63) is 28.8 Å². The molecule has 1 unspecified atom stereocenters.